The predicted molar refractivity (Wildman–Crippen MR) is 80.5 cm³/mol. The summed E-state index contributed by atoms with van der Waals surface area (Å²) in [6.45, 7) is 11.4. The number of pyridine rings is 1. The van der Waals surface area contributed by atoms with Crippen LogP contribution >= 0.6 is 0 Å². The summed E-state index contributed by atoms with van der Waals surface area (Å²) in [6.07, 6.45) is 3.45. The van der Waals surface area contributed by atoms with Crippen LogP contribution in [0.15, 0.2) is 12.1 Å². The molecule has 1 rings (SSSR count). The van der Waals surface area contributed by atoms with E-state index in [0.717, 1.165) is 50.0 Å². The second-order valence-corrected chi connectivity index (χ2v) is 5.52. The van der Waals surface area contributed by atoms with Crippen molar-refractivity contribution in [1.82, 2.24) is 10.3 Å². The molecule has 1 heterocycles. The molecule has 0 radical (unpaired) electrons. The van der Waals surface area contributed by atoms with E-state index in [0.29, 0.717) is 0 Å². The highest BCUT2D eigenvalue weighted by molar-refractivity contribution is 5.24. The minimum absolute atomic E-state index is 0.739. The molecule has 0 atom stereocenters. The maximum atomic E-state index is 5.75. The van der Waals surface area contributed by atoms with E-state index in [9.17, 15) is 0 Å². The number of hydrogen-bond donors (Lipinski definition) is 1. The zero-order chi connectivity index (χ0) is 14.1. The molecule has 0 aromatic carbocycles. The van der Waals surface area contributed by atoms with Gasteiger partial charge in [0.25, 0.3) is 0 Å². The second-order valence-electron chi connectivity index (χ2n) is 5.52. The van der Waals surface area contributed by atoms with E-state index in [2.05, 4.69) is 37.1 Å². The molecule has 19 heavy (non-hydrogen) atoms. The van der Waals surface area contributed by atoms with Gasteiger partial charge in [-0.15, -0.1) is 0 Å². The molecule has 0 aliphatic heterocycles. The van der Waals surface area contributed by atoms with E-state index in [-0.39, 0.29) is 0 Å². The Bertz CT molecular complexity index is 364. The molecule has 3 heteroatoms. The van der Waals surface area contributed by atoms with Crippen molar-refractivity contribution in [3.8, 4) is 5.88 Å². The third-order valence-electron chi connectivity index (χ3n) is 2.92. The summed E-state index contributed by atoms with van der Waals surface area (Å²) in [5, 5.41) is 3.40. The molecule has 0 bridgehead atoms. The van der Waals surface area contributed by atoms with Gasteiger partial charge in [0.2, 0.25) is 5.88 Å². The molecule has 1 aromatic heterocycles. The third kappa shape index (κ3) is 7.16. The Labute approximate surface area is 117 Å². The lowest BCUT2D eigenvalue weighted by Crippen LogP contribution is -2.14. The molecule has 0 spiro atoms. The van der Waals surface area contributed by atoms with Crippen molar-refractivity contribution in [2.24, 2.45) is 5.92 Å². The third-order valence-corrected chi connectivity index (χ3v) is 2.92. The van der Waals surface area contributed by atoms with Crippen molar-refractivity contribution in [1.29, 1.82) is 0 Å². The standard InChI is InChI=1S/C16H28N2O/c1-5-8-17-12-15-10-14(4)18-16(11-15)19-9-6-7-13(2)3/h10-11,13,17H,5-9,12H2,1-4H3. The Balaban J connectivity index is 2.44. The highest BCUT2D eigenvalue weighted by Gasteiger charge is 2.02. The van der Waals surface area contributed by atoms with Gasteiger partial charge in [-0.25, -0.2) is 4.98 Å². The molecular formula is C16H28N2O. The average Bonchev–Trinajstić information content (AvgIpc) is 2.34. The van der Waals surface area contributed by atoms with E-state index in [1.54, 1.807) is 0 Å². The Hall–Kier alpha value is -1.09. The van der Waals surface area contributed by atoms with Crippen LogP contribution < -0.4 is 10.1 Å². The van der Waals surface area contributed by atoms with Crippen molar-refractivity contribution in [3.63, 3.8) is 0 Å². The van der Waals surface area contributed by atoms with Gasteiger partial charge in [-0.1, -0.05) is 20.8 Å². The molecule has 1 N–H and O–H groups in total. The average molecular weight is 264 g/mol. The fourth-order valence-electron chi connectivity index (χ4n) is 1.96. The van der Waals surface area contributed by atoms with Gasteiger partial charge in [0.15, 0.2) is 0 Å². The summed E-state index contributed by atoms with van der Waals surface area (Å²) >= 11 is 0. The summed E-state index contributed by atoms with van der Waals surface area (Å²) < 4.78 is 5.75. The van der Waals surface area contributed by atoms with Gasteiger partial charge in [-0.2, -0.15) is 0 Å². The van der Waals surface area contributed by atoms with E-state index < -0.39 is 0 Å². The molecule has 1 aromatic rings. The molecule has 0 amide bonds. The van der Waals surface area contributed by atoms with E-state index in [1.807, 2.05) is 13.0 Å². The van der Waals surface area contributed by atoms with Gasteiger partial charge in [0.1, 0.15) is 0 Å². The zero-order valence-electron chi connectivity index (χ0n) is 12.8. The number of aryl methyl sites for hydroxylation is 1. The Morgan fingerprint density at radius 1 is 1.32 bits per heavy atom. The normalized spacial score (nSPS) is 11.0. The topological polar surface area (TPSA) is 34.2 Å². The maximum Gasteiger partial charge on any atom is 0.213 e. The predicted octanol–water partition coefficient (Wildman–Crippen LogP) is 3.70. The van der Waals surface area contributed by atoms with Gasteiger partial charge in [0.05, 0.1) is 6.61 Å². The summed E-state index contributed by atoms with van der Waals surface area (Å²) in [5.41, 5.74) is 2.27. The highest BCUT2D eigenvalue weighted by Crippen LogP contribution is 2.13. The van der Waals surface area contributed by atoms with Crippen LogP contribution in [0.4, 0.5) is 0 Å². The molecule has 0 saturated heterocycles. The van der Waals surface area contributed by atoms with E-state index in [1.165, 1.54) is 12.0 Å². The van der Waals surface area contributed by atoms with Crippen molar-refractivity contribution >= 4 is 0 Å². The lowest BCUT2D eigenvalue weighted by atomic mass is 10.1. The fraction of sp³-hybridized carbons (Fsp3) is 0.688. The largest absolute Gasteiger partial charge is 0.478 e. The molecule has 0 aliphatic carbocycles. The first-order valence-corrected chi connectivity index (χ1v) is 7.43. The van der Waals surface area contributed by atoms with Crippen LogP contribution in [0.1, 0.15) is 51.3 Å². The summed E-state index contributed by atoms with van der Waals surface area (Å²) in [7, 11) is 0. The van der Waals surface area contributed by atoms with Crippen molar-refractivity contribution in [2.45, 2.75) is 53.5 Å². The van der Waals surface area contributed by atoms with E-state index >= 15 is 0 Å². The molecule has 0 unspecified atom stereocenters. The Morgan fingerprint density at radius 3 is 2.79 bits per heavy atom. The fourth-order valence-corrected chi connectivity index (χ4v) is 1.96. The van der Waals surface area contributed by atoms with Crippen LogP contribution in [0.5, 0.6) is 5.88 Å². The van der Waals surface area contributed by atoms with Crippen molar-refractivity contribution in [3.05, 3.63) is 23.4 Å². The van der Waals surface area contributed by atoms with Gasteiger partial charge in [-0.05, 0) is 50.3 Å². The first kappa shape index (κ1) is 16.0. The maximum absolute atomic E-state index is 5.75. The second kappa shape index (κ2) is 8.92. The van der Waals surface area contributed by atoms with Crippen LogP contribution in [0.3, 0.4) is 0 Å². The molecular weight excluding hydrogens is 236 g/mol. The number of ether oxygens (including phenoxy) is 1. The van der Waals surface area contributed by atoms with Crippen LogP contribution in [-0.2, 0) is 6.54 Å². The smallest absolute Gasteiger partial charge is 0.213 e. The highest BCUT2D eigenvalue weighted by atomic mass is 16.5. The van der Waals surface area contributed by atoms with Gasteiger partial charge < -0.3 is 10.1 Å². The molecule has 0 saturated carbocycles. The van der Waals surface area contributed by atoms with Gasteiger partial charge in [0, 0.05) is 18.3 Å². The molecule has 0 fully saturated rings. The monoisotopic (exact) mass is 264 g/mol. The lowest BCUT2D eigenvalue weighted by Gasteiger charge is -2.10. The zero-order valence-corrected chi connectivity index (χ0v) is 12.8. The van der Waals surface area contributed by atoms with Crippen LogP contribution in [0.2, 0.25) is 0 Å². The first-order valence-electron chi connectivity index (χ1n) is 7.43. The Morgan fingerprint density at radius 2 is 2.11 bits per heavy atom. The molecule has 3 nitrogen and oxygen atoms in total. The number of hydrogen-bond acceptors (Lipinski definition) is 3. The Kier molecular flexibility index (Phi) is 7.49. The SMILES string of the molecule is CCCNCc1cc(C)nc(OCCCC(C)C)c1. The first-order chi connectivity index (χ1) is 9.11. The minimum atomic E-state index is 0.739. The molecule has 0 aliphatic rings. The van der Waals surface area contributed by atoms with Crippen LogP contribution in [-0.4, -0.2) is 18.1 Å². The molecule has 108 valence electrons. The lowest BCUT2D eigenvalue weighted by molar-refractivity contribution is 0.286. The van der Waals surface area contributed by atoms with Crippen LogP contribution in [0, 0.1) is 12.8 Å². The van der Waals surface area contributed by atoms with Crippen molar-refractivity contribution < 1.29 is 4.74 Å². The van der Waals surface area contributed by atoms with Gasteiger partial charge in [-0.3, -0.25) is 0 Å². The summed E-state index contributed by atoms with van der Waals surface area (Å²) in [4.78, 5) is 4.43. The number of nitrogens with one attached hydrogen (secondary N) is 1. The van der Waals surface area contributed by atoms with Crippen molar-refractivity contribution in [2.75, 3.05) is 13.2 Å². The van der Waals surface area contributed by atoms with Gasteiger partial charge >= 0.3 is 0 Å². The van der Waals surface area contributed by atoms with Crippen LogP contribution in [0.25, 0.3) is 0 Å². The summed E-state index contributed by atoms with van der Waals surface area (Å²) in [6, 6.07) is 4.16. The number of nitrogens with zero attached hydrogens (tertiary/aromatic N) is 1. The minimum Gasteiger partial charge on any atom is -0.478 e. The summed E-state index contributed by atoms with van der Waals surface area (Å²) in [5.74, 6) is 1.50. The number of rotatable bonds is 9. The number of aromatic nitrogens is 1. The quantitative estimate of drug-likeness (QED) is 0.690. The van der Waals surface area contributed by atoms with E-state index in [4.69, 9.17) is 4.74 Å².